The van der Waals surface area contributed by atoms with Crippen LogP contribution in [0.2, 0.25) is 0 Å². The third-order valence-electron chi connectivity index (χ3n) is 4.68. The maximum absolute atomic E-state index is 12.2. The molecule has 0 radical (unpaired) electrons. The molecule has 0 bridgehead atoms. The molecule has 0 aromatic carbocycles. The van der Waals surface area contributed by atoms with Gasteiger partial charge in [-0.2, -0.15) is 0 Å². The van der Waals surface area contributed by atoms with Gasteiger partial charge in [0, 0.05) is 6.04 Å². The molecule has 21 heavy (non-hydrogen) atoms. The average molecular weight is 296 g/mol. The van der Waals surface area contributed by atoms with Crippen molar-refractivity contribution in [2.45, 2.75) is 76.8 Å². The predicted octanol–water partition coefficient (Wildman–Crippen LogP) is 2.72. The zero-order chi connectivity index (χ0) is 15.1. The van der Waals surface area contributed by atoms with Gasteiger partial charge in [0.1, 0.15) is 5.54 Å². The minimum absolute atomic E-state index is 0.0742. The van der Waals surface area contributed by atoms with E-state index in [2.05, 4.69) is 10.2 Å². The summed E-state index contributed by atoms with van der Waals surface area (Å²) in [6.45, 7) is 8.07. The van der Waals surface area contributed by atoms with Crippen molar-refractivity contribution in [1.29, 1.82) is 0 Å². The molecule has 1 saturated heterocycles. The molecular weight excluding hydrogens is 264 g/mol. The third-order valence-corrected chi connectivity index (χ3v) is 4.68. The van der Waals surface area contributed by atoms with Gasteiger partial charge in [-0.05, 0) is 78.4 Å². The van der Waals surface area contributed by atoms with E-state index in [4.69, 9.17) is 4.74 Å². The van der Waals surface area contributed by atoms with E-state index in [1.54, 1.807) is 0 Å². The second-order valence-corrected chi connectivity index (χ2v) is 6.83. The zero-order valence-electron chi connectivity index (χ0n) is 13.8. The van der Waals surface area contributed by atoms with Crippen LogP contribution in [0.15, 0.2) is 0 Å². The molecule has 2 fully saturated rings. The van der Waals surface area contributed by atoms with Gasteiger partial charge in [0.2, 0.25) is 0 Å². The Morgan fingerprint density at radius 3 is 2.57 bits per heavy atom. The fourth-order valence-corrected chi connectivity index (χ4v) is 3.20. The summed E-state index contributed by atoms with van der Waals surface area (Å²) >= 11 is 0. The van der Waals surface area contributed by atoms with E-state index in [1.165, 1.54) is 58.2 Å². The number of rotatable bonds is 9. The number of nitrogens with zero attached hydrogens (tertiary/aromatic N) is 1. The maximum Gasteiger partial charge on any atom is 0.326 e. The molecule has 1 aliphatic heterocycles. The smallest absolute Gasteiger partial charge is 0.326 e. The van der Waals surface area contributed by atoms with Gasteiger partial charge >= 0.3 is 5.97 Å². The Morgan fingerprint density at radius 2 is 1.95 bits per heavy atom. The molecular formula is C17H32N2O2. The monoisotopic (exact) mass is 296 g/mol. The highest BCUT2D eigenvalue weighted by Crippen LogP contribution is 2.26. The van der Waals surface area contributed by atoms with Crippen LogP contribution in [-0.2, 0) is 9.53 Å². The summed E-state index contributed by atoms with van der Waals surface area (Å²) in [5, 5.41) is 3.50. The molecule has 1 atom stereocenters. The summed E-state index contributed by atoms with van der Waals surface area (Å²) in [4.78, 5) is 14.8. The van der Waals surface area contributed by atoms with Crippen molar-refractivity contribution < 1.29 is 9.53 Å². The lowest BCUT2D eigenvalue weighted by atomic mass is 9.94. The molecule has 0 amide bonds. The molecule has 1 N–H and O–H groups in total. The molecule has 2 aliphatic rings. The first-order valence-electron chi connectivity index (χ1n) is 8.81. The first-order chi connectivity index (χ1) is 10.1. The summed E-state index contributed by atoms with van der Waals surface area (Å²) < 4.78 is 5.27. The SMILES string of the molecule is CCOC(=O)C(C)(CCCCN1CCCCC1)NC1CC1. The van der Waals surface area contributed by atoms with Gasteiger partial charge in [-0.15, -0.1) is 0 Å². The van der Waals surface area contributed by atoms with Crippen LogP contribution in [0.4, 0.5) is 0 Å². The number of likely N-dealkylation sites (tertiary alicyclic amines) is 1. The number of hydrogen-bond donors (Lipinski definition) is 1. The maximum atomic E-state index is 12.2. The third kappa shape index (κ3) is 5.59. The number of esters is 1. The van der Waals surface area contributed by atoms with Gasteiger partial charge in [0.25, 0.3) is 0 Å². The van der Waals surface area contributed by atoms with Crippen LogP contribution in [-0.4, -0.2) is 48.7 Å². The Labute approximate surface area is 129 Å². The summed E-state index contributed by atoms with van der Waals surface area (Å²) in [5.74, 6) is -0.0742. The largest absolute Gasteiger partial charge is 0.465 e. The first-order valence-corrected chi connectivity index (χ1v) is 8.81. The van der Waals surface area contributed by atoms with Gasteiger partial charge in [0.05, 0.1) is 6.61 Å². The molecule has 1 aliphatic carbocycles. The van der Waals surface area contributed by atoms with E-state index in [0.29, 0.717) is 12.6 Å². The highest BCUT2D eigenvalue weighted by molar-refractivity contribution is 5.80. The Balaban J connectivity index is 1.71. The average Bonchev–Trinajstić information content (AvgIpc) is 3.29. The lowest BCUT2D eigenvalue weighted by Crippen LogP contribution is -2.51. The van der Waals surface area contributed by atoms with Gasteiger partial charge in [-0.3, -0.25) is 10.1 Å². The summed E-state index contributed by atoms with van der Waals surface area (Å²) in [6.07, 6.45) is 9.64. The number of hydrogen-bond acceptors (Lipinski definition) is 4. The van der Waals surface area contributed by atoms with Crippen molar-refractivity contribution in [3.05, 3.63) is 0 Å². The number of nitrogens with one attached hydrogen (secondary N) is 1. The summed E-state index contributed by atoms with van der Waals surface area (Å²) in [5.41, 5.74) is -0.487. The van der Waals surface area contributed by atoms with Gasteiger partial charge in [-0.25, -0.2) is 0 Å². The lowest BCUT2D eigenvalue weighted by Gasteiger charge is -2.30. The minimum Gasteiger partial charge on any atom is -0.465 e. The Hall–Kier alpha value is -0.610. The lowest BCUT2D eigenvalue weighted by molar-refractivity contribution is -0.151. The molecule has 4 heteroatoms. The first kappa shape index (κ1) is 16.8. The topological polar surface area (TPSA) is 41.6 Å². The number of piperidine rings is 1. The normalized spacial score (nSPS) is 22.8. The minimum atomic E-state index is -0.487. The van der Waals surface area contributed by atoms with E-state index in [1.807, 2.05) is 13.8 Å². The van der Waals surface area contributed by atoms with Crippen molar-refractivity contribution in [3.63, 3.8) is 0 Å². The van der Waals surface area contributed by atoms with Crippen LogP contribution in [0.1, 0.15) is 65.2 Å². The van der Waals surface area contributed by atoms with Crippen LogP contribution >= 0.6 is 0 Å². The zero-order valence-corrected chi connectivity index (χ0v) is 13.8. The molecule has 122 valence electrons. The highest BCUT2D eigenvalue weighted by atomic mass is 16.5. The van der Waals surface area contributed by atoms with Crippen molar-refractivity contribution in [2.75, 3.05) is 26.2 Å². The van der Waals surface area contributed by atoms with E-state index in [0.717, 1.165) is 12.8 Å². The Kier molecular flexibility index (Phi) is 6.49. The van der Waals surface area contributed by atoms with Crippen LogP contribution in [0.5, 0.6) is 0 Å². The fraction of sp³-hybridized carbons (Fsp3) is 0.941. The summed E-state index contributed by atoms with van der Waals surface area (Å²) in [7, 11) is 0. The molecule has 1 saturated carbocycles. The van der Waals surface area contributed by atoms with Crippen molar-refractivity contribution in [2.24, 2.45) is 0 Å². The highest BCUT2D eigenvalue weighted by Gasteiger charge is 2.39. The van der Waals surface area contributed by atoms with Crippen molar-refractivity contribution in [3.8, 4) is 0 Å². The molecule has 4 nitrogen and oxygen atoms in total. The van der Waals surface area contributed by atoms with Crippen molar-refractivity contribution >= 4 is 5.97 Å². The van der Waals surface area contributed by atoms with Gasteiger partial charge < -0.3 is 9.64 Å². The van der Waals surface area contributed by atoms with Crippen LogP contribution < -0.4 is 5.32 Å². The molecule has 1 heterocycles. The van der Waals surface area contributed by atoms with E-state index < -0.39 is 5.54 Å². The Bertz CT molecular complexity index is 325. The van der Waals surface area contributed by atoms with Crippen LogP contribution in [0.25, 0.3) is 0 Å². The molecule has 0 aromatic heterocycles. The van der Waals surface area contributed by atoms with E-state index >= 15 is 0 Å². The van der Waals surface area contributed by atoms with Crippen LogP contribution in [0, 0.1) is 0 Å². The predicted molar refractivity (Wildman–Crippen MR) is 85.3 cm³/mol. The quantitative estimate of drug-likeness (QED) is 0.525. The van der Waals surface area contributed by atoms with Gasteiger partial charge in [-0.1, -0.05) is 6.42 Å². The Morgan fingerprint density at radius 1 is 1.24 bits per heavy atom. The molecule has 2 rings (SSSR count). The van der Waals surface area contributed by atoms with E-state index in [9.17, 15) is 4.79 Å². The molecule has 1 unspecified atom stereocenters. The number of ether oxygens (including phenoxy) is 1. The van der Waals surface area contributed by atoms with Gasteiger partial charge in [0.15, 0.2) is 0 Å². The number of carbonyl (C=O) groups excluding carboxylic acids is 1. The standard InChI is InChI=1S/C17H32N2O2/c1-3-21-16(20)17(2,18-15-9-10-15)11-5-8-14-19-12-6-4-7-13-19/h15,18H,3-14H2,1-2H3. The van der Waals surface area contributed by atoms with E-state index in [-0.39, 0.29) is 5.97 Å². The second-order valence-electron chi connectivity index (χ2n) is 6.83. The molecule has 0 aromatic rings. The number of carbonyl (C=O) groups is 1. The fourth-order valence-electron chi connectivity index (χ4n) is 3.20. The number of unbranched alkanes of at least 4 members (excludes halogenated alkanes) is 1. The van der Waals surface area contributed by atoms with Crippen LogP contribution in [0.3, 0.4) is 0 Å². The summed E-state index contributed by atoms with van der Waals surface area (Å²) in [6, 6.07) is 0.529. The molecule has 0 spiro atoms. The van der Waals surface area contributed by atoms with Crippen molar-refractivity contribution in [1.82, 2.24) is 10.2 Å². The second kappa shape index (κ2) is 8.14.